The number of hydrogen-bond donors (Lipinski definition) is 1. The standard InChI is InChI=1S/C17H26ClNO3S/c1-4-14(19-22-8-6-7-18)17-15(20)10-13(11-16(17)21)9-12(3)23-5-2/h6-7,12-13,20H,4-5,8-11H2,1-3H3/b7-6-,19-14+/t12-,13+/m1/s1. The van der Waals surface area contributed by atoms with Gasteiger partial charge in [0.2, 0.25) is 0 Å². The van der Waals surface area contributed by atoms with Crippen LogP contribution in [0.5, 0.6) is 0 Å². The Morgan fingerprint density at radius 1 is 1.52 bits per heavy atom. The van der Waals surface area contributed by atoms with Gasteiger partial charge in [0.25, 0.3) is 0 Å². The predicted molar refractivity (Wildman–Crippen MR) is 98.3 cm³/mol. The van der Waals surface area contributed by atoms with Gasteiger partial charge in [-0.05, 0) is 30.6 Å². The summed E-state index contributed by atoms with van der Waals surface area (Å²) in [7, 11) is 0. The Bertz CT molecular complexity index is 488. The third kappa shape index (κ3) is 6.60. The van der Waals surface area contributed by atoms with E-state index in [9.17, 15) is 9.90 Å². The number of ketones is 1. The van der Waals surface area contributed by atoms with Crippen molar-refractivity contribution in [3.05, 3.63) is 22.9 Å². The van der Waals surface area contributed by atoms with Crippen molar-refractivity contribution in [3.63, 3.8) is 0 Å². The molecule has 0 aromatic carbocycles. The zero-order chi connectivity index (χ0) is 17.2. The van der Waals surface area contributed by atoms with Gasteiger partial charge in [-0.3, -0.25) is 4.79 Å². The van der Waals surface area contributed by atoms with Gasteiger partial charge in [-0.15, -0.1) is 0 Å². The molecule has 130 valence electrons. The van der Waals surface area contributed by atoms with Crippen molar-refractivity contribution in [2.24, 2.45) is 11.1 Å². The molecule has 0 spiro atoms. The molecule has 0 aromatic rings. The Labute approximate surface area is 148 Å². The molecule has 0 saturated heterocycles. The Morgan fingerprint density at radius 3 is 2.83 bits per heavy atom. The number of nitrogens with zero attached hydrogens (tertiary/aromatic N) is 1. The highest BCUT2D eigenvalue weighted by Gasteiger charge is 2.31. The van der Waals surface area contributed by atoms with E-state index >= 15 is 0 Å². The molecule has 0 aromatic heterocycles. The molecule has 0 bridgehead atoms. The highest BCUT2D eigenvalue weighted by molar-refractivity contribution is 7.99. The van der Waals surface area contributed by atoms with E-state index in [1.165, 1.54) is 5.54 Å². The molecular weight excluding hydrogens is 334 g/mol. The van der Waals surface area contributed by atoms with Crippen LogP contribution in [0.4, 0.5) is 0 Å². The van der Waals surface area contributed by atoms with Crippen molar-refractivity contribution < 1.29 is 14.7 Å². The number of carbonyl (C=O) groups is 1. The zero-order valence-corrected chi connectivity index (χ0v) is 15.6. The number of carbonyl (C=O) groups excluding carboxylic acids is 1. The first-order valence-corrected chi connectivity index (χ1v) is 9.53. The number of aliphatic hydroxyl groups excluding tert-OH is 1. The minimum Gasteiger partial charge on any atom is -0.511 e. The van der Waals surface area contributed by atoms with Gasteiger partial charge in [-0.1, -0.05) is 37.5 Å². The average molecular weight is 360 g/mol. The fourth-order valence-electron chi connectivity index (χ4n) is 2.77. The lowest BCUT2D eigenvalue weighted by Gasteiger charge is -2.25. The molecule has 2 atom stereocenters. The highest BCUT2D eigenvalue weighted by Crippen LogP contribution is 2.32. The summed E-state index contributed by atoms with van der Waals surface area (Å²) in [6.07, 6.45) is 4.09. The maximum atomic E-state index is 12.4. The Morgan fingerprint density at radius 2 is 2.26 bits per heavy atom. The molecule has 0 unspecified atom stereocenters. The first-order valence-electron chi connectivity index (χ1n) is 8.04. The zero-order valence-electron chi connectivity index (χ0n) is 14.0. The van der Waals surface area contributed by atoms with Crippen molar-refractivity contribution in [1.82, 2.24) is 0 Å². The van der Waals surface area contributed by atoms with Crippen LogP contribution >= 0.6 is 23.4 Å². The molecule has 1 aliphatic carbocycles. The number of aliphatic hydroxyl groups is 1. The lowest BCUT2D eigenvalue weighted by molar-refractivity contribution is -0.116. The molecule has 6 heteroatoms. The number of oxime groups is 1. The van der Waals surface area contributed by atoms with Gasteiger partial charge in [0.15, 0.2) is 5.78 Å². The van der Waals surface area contributed by atoms with Gasteiger partial charge in [0.05, 0.1) is 11.3 Å². The Hall–Kier alpha value is -0.940. The SMILES string of the molecule is CCS[C@H](C)C[C@@H]1CC(=O)C(/C(CC)=N/OC/C=C\Cl)=C(O)C1. The lowest BCUT2D eigenvalue weighted by atomic mass is 9.82. The van der Waals surface area contributed by atoms with E-state index < -0.39 is 0 Å². The van der Waals surface area contributed by atoms with Crippen molar-refractivity contribution in [3.8, 4) is 0 Å². The summed E-state index contributed by atoms with van der Waals surface area (Å²) in [5.41, 5.74) is 2.20. The molecule has 0 heterocycles. The molecule has 0 saturated carbocycles. The minimum absolute atomic E-state index is 0.0375. The smallest absolute Gasteiger partial charge is 0.168 e. The molecule has 1 rings (SSSR count). The summed E-state index contributed by atoms with van der Waals surface area (Å²) < 4.78 is 0. The Kier molecular flexibility index (Phi) is 9.41. The lowest BCUT2D eigenvalue weighted by Crippen LogP contribution is -2.26. The van der Waals surface area contributed by atoms with E-state index in [1.807, 2.05) is 18.7 Å². The van der Waals surface area contributed by atoms with E-state index in [0.717, 1.165) is 12.2 Å². The molecule has 0 fully saturated rings. The molecular formula is C17H26ClNO3S. The van der Waals surface area contributed by atoms with Crippen molar-refractivity contribution in [1.29, 1.82) is 0 Å². The topological polar surface area (TPSA) is 58.9 Å². The first-order chi connectivity index (χ1) is 11.0. The molecule has 23 heavy (non-hydrogen) atoms. The quantitative estimate of drug-likeness (QED) is 0.363. The van der Waals surface area contributed by atoms with Crippen LogP contribution in [0.2, 0.25) is 0 Å². The van der Waals surface area contributed by atoms with Gasteiger partial charge in [-0.2, -0.15) is 11.8 Å². The van der Waals surface area contributed by atoms with Crippen molar-refractivity contribution >= 4 is 34.9 Å². The number of thioether (sulfide) groups is 1. The second-order valence-electron chi connectivity index (χ2n) is 5.57. The number of allylic oxidation sites excluding steroid dienone is 2. The maximum absolute atomic E-state index is 12.4. The van der Waals surface area contributed by atoms with Gasteiger partial charge < -0.3 is 9.94 Å². The maximum Gasteiger partial charge on any atom is 0.168 e. The monoisotopic (exact) mass is 359 g/mol. The summed E-state index contributed by atoms with van der Waals surface area (Å²) in [6, 6.07) is 0. The van der Waals surface area contributed by atoms with Crippen LogP contribution in [0.3, 0.4) is 0 Å². The third-order valence-electron chi connectivity index (χ3n) is 3.70. The number of halogens is 1. The van der Waals surface area contributed by atoms with Crippen LogP contribution in [0.25, 0.3) is 0 Å². The number of rotatable bonds is 9. The van der Waals surface area contributed by atoms with E-state index in [-0.39, 0.29) is 24.1 Å². The van der Waals surface area contributed by atoms with Crippen LogP contribution < -0.4 is 0 Å². The van der Waals surface area contributed by atoms with Gasteiger partial charge >= 0.3 is 0 Å². The van der Waals surface area contributed by atoms with E-state index in [1.54, 1.807) is 6.08 Å². The Balaban J connectivity index is 2.79. The average Bonchev–Trinajstić information content (AvgIpc) is 2.49. The molecule has 1 aliphatic rings. The van der Waals surface area contributed by atoms with Gasteiger partial charge in [0.1, 0.15) is 12.4 Å². The normalized spacial score (nSPS) is 21.1. The second kappa shape index (κ2) is 10.8. The number of hydrogen-bond acceptors (Lipinski definition) is 5. The summed E-state index contributed by atoms with van der Waals surface area (Å²) in [5.74, 6) is 1.38. The molecule has 0 aliphatic heterocycles. The van der Waals surface area contributed by atoms with Crippen LogP contribution in [0.15, 0.2) is 28.1 Å². The second-order valence-corrected chi connectivity index (χ2v) is 7.54. The van der Waals surface area contributed by atoms with Crippen LogP contribution in [-0.2, 0) is 9.63 Å². The summed E-state index contributed by atoms with van der Waals surface area (Å²) in [5, 5.41) is 14.8. The predicted octanol–water partition coefficient (Wildman–Crippen LogP) is 4.84. The fourth-order valence-corrected chi connectivity index (χ4v) is 3.82. The van der Waals surface area contributed by atoms with E-state index in [2.05, 4.69) is 19.0 Å². The van der Waals surface area contributed by atoms with Crippen molar-refractivity contribution in [2.45, 2.75) is 51.7 Å². The van der Waals surface area contributed by atoms with Crippen LogP contribution in [0, 0.1) is 5.92 Å². The first kappa shape index (κ1) is 20.1. The summed E-state index contributed by atoms with van der Waals surface area (Å²) in [6.45, 7) is 6.43. The van der Waals surface area contributed by atoms with E-state index in [0.29, 0.717) is 35.8 Å². The fraction of sp³-hybridized carbons (Fsp3) is 0.647. The molecule has 0 amide bonds. The van der Waals surface area contributed by atoms with Crippen molar-refractivity contribution in [2.75, 3.05) is 12.4 Å². The molecule has 4 nitrogen and oxygen atoms in total. The number of Topliss-reactive ketones (excluding diaryl/α,β-unsaturated/α-hetero) is 1. The highest BCUT2D eigenvalue weighted by atomic mass is 35.5. The minimum atomic E-state index is -0.0375. The summed E-state index contributed by atoms with van der Waals surface area (Å²) >= 11 is 7.30. The largest absolute Gasteiger partial charge is 0.511 e. The van der Waals surface area contributed by atoms with Crippen LogP contribution in [-0.4, -0.2) is 34.2 Å². The van der Waals surface area contributed by atoms with Gasteiger partial charge in [0, 0.05) is 23.6 Å². The molecule has 0 radical (unpaired) electrons. The van der Waals surface area contributed by atoms with Gasteiger partial charge in [-0.25, -0.2) is 0 Å². The summed E-state index contributed by atoms with van der Waals surface area (Å²) in [4.78, 5) is 17.6. The third-order valence-corrected chi connectivity index (χ3v) is 4.97. The van der Waals surface area contributed by atoms with Crippen LogP contribution in [0.1, 0.15) is 46.5 Å². The molecule has 1 N–H and O–H groups in total. The van der Waals surface area contributed by atoms with E-state index in [4.69, 9.17) is 16.4 Å².